The zero-order valence-electron chi connectivity index (χ0n) is 21.9. The molecule has 1 aromatic carbocycles. The lowest BCUT2D eigenvalue weighted by atomic mass is 9.96. The van der Waals surface area contributed by atoms with E-state index in [1.807, 2.05) is 44.2 Å². The van der Waals surface area contributed by atoms with Crippen molar-refractivity contribution in [2.75, 3.05) is 19.7 Å². The number of nitrogens with one attached hydrogen (secondary N) is 1. The van der Waals surface area contributed by atoms with Crippen molar-refractivity contribution in [3.8, 4) is 0 Å². The SMILES string of the molecule is CCOC(=O)C1CCN(C(=O)c2cc3c(=O)n4cccc(C)c4nc3n(Cc3ccc(C)cc3)c2=N)CC1. The van der Waals surface area contributed by atoms with E-state index in [1.54, 1.807) is 28.7 Å². The summed E-state index contributed by atoms with van der Waals surface area (Å²) in [6.07, 6.45) is 2.67. The number of likely N-dealkylation sites (tertiary alicyclic amines) is 1. The lowest BCUT2D eigenvalue weighted by molar-refractivity contribution is -0.149. The van der Waals surface area contributed by atoms with Crippen LogP contribution in [0.2, 0.25) is 0 Å². The Balaban J connectivity index is 1.62. The number of fused-ring (bicyclic) bond motifs is 2. The van der Waals surface area contributed by atoms with Gasteiger partial charge in [0.2, 0.25) is 0 Å². The van der Waals surface area contributed by atoms with Crippen LogP contribution in [0.25, 0.3) is 16.7 Å². The normalized spacial score (nSPS) is 14.2. The number of ether oxygens (including phenoxy) is 1. The zero-order chi connectivity index (χ0) is 27.0. The summed E-state index contributed by atoms with van der Waals surface area (Å²) in [6.45, 7) is 7.05. The molecule has 9 nitrogen and oxygen atoms in total. The van der Waals surface area contributed by atoms with Crippen LogP contribution in [0.1, 0.15) is 46.8 Å². The minimum Gasteiger partial charge on any atom is -0.466 e. The summed E-state index contributed by atoms with van der Waals surface area (Å²) >= 11 is 0. The number of piperidine rings is 1. The number of aromatic nitrogens is 3. The Bertz CT molecular complexity index is 1660. The number of hydrogen-bond acceptors (Lipinski definition) is 6. The Labute approximate surface area is 219 Å². The first-order valence-corrected chi connectivity index (χ1v) is 12.9. The first-order chi connectivity index (χ1) is 18.3. The van der Waals surface area contributed by atoms with Gasteiger partial charge in [-0.25, -0.2) is 4.98 Å². The lowest BCUT2D eigenvalue weighted by Crippen LogP contribution is -2.43. The van der Waals surface area contributed by atoms with Crippen molar-refractivity contribution in [2.24, 2.45) is 5.92 Å². The third kappa shape index (κ3) is 4.60. The molecule has 4 aromatic rings. The standard InChI is InChI=1S/C29H31N5O4/c1-4-38-29(37)21-11-14-32(15-12-21)27(35)22-16-23-26(31-25-19(3)6-5-13-33(25)28(23)36)34(24(22)30)17-20-9-7-18(2)8-10-20/h5-10,13,16,21,30H,4,11-12,14-15,17H2,1-3H3. The fraction of sp³-hybridized carbons (Fsp3) is 0.345. The smallest absolute Gasteiger partial charge is 0.309 e. The van der Waals surface area contributed by atoms with Gasteiger partial charge in [0.1, 0.15) is 16.8 Å². The summed E-state index contributed by atoms with van der Waals surface area (Å²) in [5.41, 5.74) is 3.62. The molecule has 4 heterocycles. The number of pyridine rings is 2. The topological polar surface area (TPSA) is 110 Å². The highest BCUT2D eigenvalue weighted by molar-refractivity contribution is 5.97. The molecule has 0 unspecified atom stereocenters. The van der Waals surface area contributed by atoms with Crippen molar-refractivity contribution in [1.82, 2.24) is 18.9 Å². The molecule has 1 saturated heterocycles. The molecule has 0 aliphatic carbocycles. The fourth-order valence-electron chi connectivity index (χ4n) is 5.04. The number of carbonyl (C=O) groups is 2. The maximum Gasteiger partial charge on any atom is 0.309 e. The third-order valence-corrected chi connectivity index (χ3v) is 7.23. The summed E-state index contributed by atoms with van der Waals surface area (Å²) in [4.78, 5) is 45.9. The molecule has 1 fully saturated rings. The fourth-order valence-corrected chi connectivity index (χ4v) is 5.04. The second kappa shape index (κ2) is 10.2. The third-order valence-electron chi connectivity index (χ3n) is 7.23. The highest BCUT2D eigenvalue weighted by atomic mass is 16.5. The van der Waals surface area contributed by atoms with Crippen molar-refractivity contribution < 1.29 is 14.3 Å². The van der Waals surface area contributed by atoms with Gasteiger partial charge >= 0.3 is 5.97 Å². The summed E-state index contributed by atoms with van der Waals surface area (Å²) in [7, 11) is 0. The van der Waals surface area contributed by atoms with Gasteiger partial charge in [0, 0.05) is 19.3 Å². The number of nitrogens with zero attached hydrogens (tertiary/aromatic N) is 4. The number of carbonyl (C=O) groups excluding carboxylic acids is 2. The summed E-state index contributed by atoms with van der Waals surface area (Å²) in [6, 6.07) is 13.1. The van der Waals surface area contributed by atoms with Gasteiger partial charge in [-0.05, 0) is 56.9 Å². The molecule has 5 rings (SSSR count). The van der Waals surface area contributed by atoms with Crippen LogP contribution in [-0.4, -0.2) is 50.4 Å². The molecule has 0 spiro atoms. The Hall–Kier alpha value is -4.27. The van der Waals surface area contributed by atoms with Crippen molar-refractivity contribution in [3.05, 3.63) is 86.8 Å². The van der Waals surface area contributed by atoms with Crippen molar-refractivity contribution in [2.45, 2.75) is 40.2 Å². The molecular formula is C29H31N5O4. The van der Waals surface area contributed by atoms with E-state index in [4.69, 9.17) is 15.1 Å². The zero-order valence-corrected chi connectivity index (χ0v) is 21.9. The van der Waals surface area contributed by atoms with Gasteiger partial charge < -0.3 is 14.2 Å². The van der Waals surface area contributed by atoms with Crippen LogP contribution in [0.15, 0.2) is 53.5 Å². The average molecular weight is 514 g/mol. The van der Waals surface area contributed by atoms with Crippen molar-refractivity contribution in [1.29, 1.82) is 5.41 Å². The highest BCUT2D eigenvalue weighted by Crippen LogP contribution is 2.21. The second-order valence-electron chi connectivity index (χ2n) is 9.84. The van der Waals surface area contributed by atoms with Gasteiger partial charge in [-0.3, -0.25) is 24.2 Å². The van der Waals surface area contributed by atoms with Gasteiger partial charge in [-0.15, -0.1) is 0 Å². The van der Waals surface area contributed by atoms with E-state index in [0.29, 0.717) is 43.8 Å². The number of esters is 1. The molecule has 1 aliphatic rings. The van der Waals surface area contributed by atoms with Crippen LogP contribution in [0.3, 0.4) is 0 Å². The van der Waals surface area contributed by atoms with Crippen LogP contribution < -0.4 is 11.0 Å². The summed E-state index contributed by atoms with van der Waals surface area (Å²) in [5, 5.41) is 9.34. The largest absolute Gasteiger partial charge is 0.466 e. The molecule has 9 heteroatoms. The molecule has 1 amide bonds. The summed E-state index contributed by atoms with van der Waals surface area (Å²) < 4.78 is 8.27. The van der Waals surface area contributed by atoms with Crippen LogP contribution in [0.5, 0.6) is 0 Å². The number of amides is 1. The van der Waals surface area contributed by atoms with Gasteiger partial charge in [-0.1, -0.05) is 35.9 Å². The Kier molecular flexibility index (Phi) is 6.84. The molecule has 38 heavy (non-hydrogen) atoms. The van der Waals surface area contributed by atoms with Crippen LogP contribution in [-0.2, 0) is 16.1 Å². The van der Waals surface area contributed by atoms with Gasteiger partial charge in [-0.2, -0.15) is 0 Å². The lowest BCUT2D eigenvalue weighted by Gasteiger charge is -2.31. The minimum atomic E-state index is -0.328. The molecule has 1 N–H and O–H groups in total. The molecule has 196 valence electrons. The number of benzene rings is 1. The maximum atomic E-state index is 13.7. The molecule has 0 radical (unpaired) electrons. The molecule has 3 aromatic heterocycles. The van der Waals surface area contributed by atoms with E-state index in [1.165, 1.54) is 10.5 Å². The Morgan fingerprint density at radius 2 is 1.79 bits per heavy atom. The molecule has 1 aliphatic heterocycles. The first kappa shape index (κ1) is 25.4. The van der Waals surface area contributed by atoms with Crippen molar-refractivity contribution >= 4 is 28.6 Å². The Morgan fingerprint density at radius 1 is 1.08 bits per heavy atom. The average Bonchev–Trinajstić information content (AvgIpc) is 2.92. The number of rotatable bonds is 5. The molecule has 0 saturated carbocycles. The van der Waals surface area contributed by atoms with E-state index < -0.39 is 0 Å². The predicted molar refractivity (Wildman–Crippen MR) is 143 cm³/mol. The van der Waals surface area contributed by atoms with Crippen LogP contribution in [0.4, 0.5) is 0 Å². The first-order valence-electron chi connectivity index (χ1n) is 12.9. The van der Waals surface area contributed by atoms with E-state index in [2.05, 4.69) is 0 Å². The van der Waals surface area contributed by atoms with Gasteiger partial charge in [0.15, 0.2) is 0 Å². The van der Waals surface area contributed by atoms with Crippen LogP contribution in [0, 0.1) is 25.2 Å². The van der Waals surface area contributed by atoms with Gasteiger partial charge in [0.05, 0.1) is 30.0 Å². The van der Waals surface area contributed by atoms with E-state index in [-0.39, 0.29) is 46.3 Å². The molecular weight excluding hydrogens is 482 g/mol. The van der Waals surface area contributed by atoms with E-state index in [0.717, 1.165) is 16.7 Å². The van der Waals surface area contributed by atoms with E-state index in [9.17, 15) is 14.4 Å². The highest BCUT2D eigenvalue weighted by Gasteiger charge is 2.30. The quantitative estimate of drug-likeness (QED) is 0.326. The number of hydrogen-bond donors (Lipinski definition) is 1. The number of aryl methyl sites for hydroxylation is 2. The molecule has 0 atom stereocenters. The van der Waals surface area contributed by atoms with E-state index >= 15 is 0 Å². The maximum absolute atomic E-state index is 13.7. The Morgan fingerprint density at radius 3 is 2.47 bits per heavy atom. The monoisotopic (exact) mass is 513 g/mol. The second-order valence-corrected chi connectivity index (χ2v) is 9.84. The van der Waals surface area contributed by atoms with Crippen LogP contribution >= 0.6 is 0 Å². The van der Waals surface area contributed by atoms with Crippen molar-refractivity contribution in [3.63, 3.8) is 0 Å². The van der Waals surface area contributed by atoms with Gasteiger partial charge in [0.25, 0.3) is 11.5 Å². The minimum absolute atomic E-state index is 0.000394. The predicted octanol–water partition coefficient (Wildman–Crippen LogP) is 3.21. The summed E-state index contributed by atoms with van der Waals surface area (Å²) in [5.74, 6) is -0.796. The molecule has 0 bridgehead atoms.